The number of hydrogen-bond donors (Lipinski definition) is 0. The van der Waals surface area contributed by atoms with Gasteiger partial charge in [-0.05, 0) is 25.2 Å². The molecular weight excluding hydrogens is 268 g/mol. The Balaban J connectivity index is 2.01. The molecule has 1 atom stereocenters. The minimum Gasteiger partial charge on any atom is -0.338 e. The Bertz CT molecular complexity index is 332. The molecule has 1 fully saturated rings. The smallest absolute Gasteiger partial charge is 0.240 e. The van der Waals surface area contributed by atoms with Crippen LogP contribution < -0.4 is 0 Å². The molecule has 90 valence electrons. The second-order valence-electron chi connectivity index (χ2n) is 4.82. The summed E-state index contributed by atoms with van der Waals surface area (Å²) in [5.41, 5.74) is 0. The maximum atomic E-state index is 5.29. The molecule has 4 heteroatoms. The van der Waals surface area contributed by atoms with Gasteiger partial charge >= 0.3 is 0 Å². The third kappa shape index (κ3) is 2.65. The van der Waals surface area contributed by atoms with E-state index in [1.54, 1.807) is 0 Å². The van der Waals surface area contributed by atoms with Crippen molar-refractivity contribution in [1.82, 2.24) is 10.1 Å². The molecule has 2 rings (SSSR count). The molecule has 1 heterocycles. The van der Waals surface area contributed by atoms with Gasteiger partial charge in [0, 0.05) is 5.92 Å². The Kier molecular flexibility index (Phi) is 4.00. The standard InChI is InChI=1S/C12H19BrN2O/c1-3-10(13)12-14-11(15-16-12)9-6-4-8(2)5-7-9/h8-10H,3-7H2,1-2H3. The van der Waals surface area contributed by atoms with Crippen molar-refractivity contribution in [1.29, 1.82) is 0 Å². The fourth-order valence-electron chi connectivity index (χ4n) is 2.23. The van der Waals surface area contributed by atoms with Crippen molar-refractivity contribution >= 4 is 15.9 Å². The molecule has 0 aromatic carbocycles. The first-order chi connectivity index (χ1) is 7.70. The Labute approximate surface area is 105 Å². The molecule has 0 bridgehead atoms. The van der Waals surface area contributed by atoms with Crippen LogP contribution in [0.5, 0.6) is 0 Å². The first-order valence-corrected chi connectivity index (χ1v) is 7.09. The van der Waals surface area contributed by atoms with Gasteiger partial charge in [0.15, 0.2) is 5.82 Å². The molecule has 1 unspecified atom stereocenters. The quantitative estimate of drug-likeness (QED) is 0.782. The Morgan fingerprint density at radius 1 is 1.38 bits per heavy atom. The van der Waals surface area contributed by atoms with Crippen molar-refractivity contribution in [3.05, 3.63) is 11.7 Å². The van der Waals surface area contributed by atoms with E-state index in [9.17, 15) is 0 Å². The third-order valence-corrected chi connectivity index (χ3v) is 4.50. The molecular formula is C12H19BrN2O. The lowest BCUT2D eigenvalue weighted by Gasteiger charge is -2.23. The van der Waals surface area contributed by atoms with Gasteiger partial charge < -0.3 is 4.52 Å². The van der Waals surface area contributed by atoms with Crippen molar-refractivity contribution in [2.75, 3.05) is 0 Å². The van der Waals surface area contributed by atoms with Crippen LogP contribution >= 0.6 is 15.9 Å². The fourth-order valence-corrected chi connectivity index (χ4v) is 2.42. The summed E-state index contributed by atoms with van der Waals surface area (Å²) in [6.45, 7) is 4.43. The van der Waals surface area contributed by atoms with Crippen LogP contribution in [0, 0.1) is 5.92 Å². The van der Waals surface area contributed by atoms with Crippen LogP contribution in [0.25, 0.3) is 0 Å². The van der Waals surface area contributed by atoms with Crippen molar-refractivity contribution in [2.24, 2.45) is 5.92 Å². The van der Waals surface area contributed by atoms with Crippen LogP contribution in [0.4, 0.5) is 0 Å². The minimum atomic E-state index is 0.205. The van der Waals surface area contributed by atoms with Crippen LogP contribution in [0.3, 0.4) is 0 Å². The van der Waals surface area contributed by atoms with Crippen LogP contribution in [0.15, 0.2) is 4.52 Å². The van der Waals surface area contributed by atoms with Gasteiger partial charge in [-0.2, -0.15) is 4.98 Å². The van der Waals surface area contributed by atoms with Gasteiger partial charge in [0.2, 0.25) is 5.89 Å². The van der Waals surface area contributed by atoms with E-state index in [0.29, 0.717) is 5.92 Å². The molecule has 0 N–H and O–H groups in total. The number of nitrogens with zero attached hydrogens (tertiary/aromatic N) is 2. The predicted octanol–water partition coefficient (Wildman–Crippen LogP) is 4.21. The van der Waals surface area contributed by atoms with Gasteiger partial charge in [0.1, 0.15) is 0 Å². The normalized spacial score (nSPS) is 27.9. The lowest BCUT2D eigenvalue weighted by Crippen LogP contribution is -2.12. The summed E-state index contributed by atoms with van der Waals surface area (Å²) >= 11 is 3.54. The van der Waals surface area contributed by atoms with E-state index in [-0.39, 0.29) is 4.83 Å². The van der Waals surface area contributed by atoms with E-state index >= 15 is 0 Å². The van der Waals surface area contributed by atoms with Gasteiger partial charge in [-0.15, -0.1) is 0 Å². The lowest BCUT2D eigenvalue weighted by molar-refractivity contribution is 0.323. The molecule has 1 saturated carbocycles. The molecule has 16 heavy (non-hydrogen) atoms. The highest BCUT2D eigenvalue weighted by Crippen LogP contribution is 2.35. The van der Waals surface area contributed by atoms with Gasteiger partial charge in [-0.3, -0.25) is 0 Å². The maximum Gasteiger partial charge on any atom is 0.240 e. The van der Waals surface area contributed by atoms with E-state index < -0.39 is 0 Å². The van der Waals surface area contributed by atoms with E-state index in [0.717, 1.165) is 24.1 Å². The van der Waals surface area contributed by atoms with Gasteiger partial charge in [0.25, 0.3) is 0 Å². The first-order valence-electron chi connectivity index (χ1n) is 6.18. The van der Waals surface area contributed by atoms with Crippen molar-refractivity contribution in [3.63, 3.8) is 0 Å². The van der Waals surface area contributed by atoms with Crippen LogP contribution in [0.1, 0.15) is 68.4 Å². The number of alkyl halides is 1. The molecule has 1 aliphatic rings. The molecule has 0 amide bonds. The molecule has 0 spiro atoms. The molecule has 0 aliphatic heterocycles. The average molecular weight is 287 g/mol. The third-order valence-electron chi connectivity index (χ3n) is 3.46. The summed E-state index contributed by atoms with van der Waals surface area (Å²) < 4.78 is 5.29. The van der Waals surface area contributed by atoms with Crippen LogP contribution in [-0.2, 0) is 0 Å². The zero-order valence-electron chi connectivity index (χ0n) is 9.95. The predicted molar refractivity (Wildman–Crippen MR) is 66.6 cm³/mol. The van der Waals surface area contributed by atoms with Crippen molar-refractivity contribution < 1.29 is 4.52 Å². The number of hydrogen-bond acceptors (Lipinski definition) is 3. The van der Waals surface area contributed by atoms with E-state index in [4.69, 9.17) is 4.52 Å². The summed E-state index contributed by atoms with van der Waals surface area (Å²) in [5, 5.41) is 4.12. The summed E-state index contributed by atoms with van der Waals surface area (Å²) in [6.07, 6.45) is 5.97. The van der Waals surface area contributed by atoms with Crippen LogP contribution in [-0.4, -0.2) is 10.1 Å². The molecule has 0 saturated heterocycles. The Morgan fingerprint density at radius 2 is 2.06 bits per heavy atom. The number of halogens is 1. The first kappa shape index (κ1) is 12.1. The van der Waals surface area contributed by atoms with Crippen LogP contribution in [0.2, 0.25) is 0 Å². The largest absolute Gasteiger partial charge is 0.338 e. The second kappa shape index (κ2) is 5.30. The topological polar surface area (TPSA) is 38.9 Å². The average Bonchev–Trinajstić information content (AvgIpc) is 2.78. The molecule has 3 nitrogen and oxygen atoms in total. The monoisotopic (exact) mass is 286 g/mol. The maximum absolute atomic E-state index is 5.29. The SMILES string of the molecule is CCC(Br)c1nc(C2CCC(C)CC2)no1. The molecule has 1 aromatic heterocycles. The van der Waals surface area contributed by atoms with Crippen molar-refractivity contribution in [2.45, 2.75) is 56.7 Å². The summed E-state index contributed by atoms with van der Waals surface area (Å²) in [6, 6.07) is 0. The highest BCUT2D eigenvalue weighted by molar-refractivity contribution is 9.09. The minimum absolute atomic E-state index is 0.205. The van der Waals surface area contributed by atoms with Gasteiger partial charge in [-0.1, -0.05) is 47.8 Å². The molecule has 0 radical (unpaired) electrons. The van der Waals surface area contributed by atoms with E-state index in [1.807, 2.05) is 0 Å². The fraction of sp³-hybridized carbons (Fsp3) is 0.833. The number of rotatable bonds is 3. The molecule has 1 aromatic rings. The van der Waals surface area contributed by atoms with Gasteiger partial charge in [0.05, 0.1) is 4.83 Å². The highest BCUT2D eigenvalue weighted by Gasteiger charge is 2.24. The molecule has 1 aliphatic carbocycles. The zero-order valence-corrected chi connectivity index (χ0v) is 11.5. The summed E-state index contributed by atoms with van der Waals surface area (Å²) in [7, 11) is 0. The van der Waals surface area contributed by atoms with E-state index in [2.05, 4.69) is 39.9 Å². The van der Waals surface area contributed by atoms with Crippen molar-refractivity contribution in [3.8, 4) is 0 Å². The highest BCUT2D eigenvalue weighted by atomic mass is 79.9. The van der Waals surface area contributed by atoms with E-state index in [1.165, 1.54) is 25.7 Å². The second-order valence-corrected chi connectivity index (χ2v) is 5.93. The number of aromatic nitrogens is 2. The summed E-state index contributed by atoms with van der Waals surface area (Å²) in [5.74, 6) is 3.03. The van der Waals surface area contributed by atoms with Gasteiger partial charge in [-0.25, -0.2) is 0 Å². The Hall–Kier alpha value is -0.380. The lowest BCUT2D eigenvalue weighted by atomic mass is 9.83. The summed E-state index contributed by atoms with van der Waals surface area (Å²) in [4.78, 5) is 4.71. The Morgan fingerprint density at radius 3 is 2.69 bits per heavy atom. The zero-order chi connectivity index (χ0) is 11.5.